The minimum Gasteiger partial charge on any atom is -0.387 e. The van der Waals surface area contributed by atoms with Crippen LogP contribution < -0.4 is 0 Å². The zero-order valence-electron chi connectivity index (χ0n) is 14.3. The Balaban J connectivity index is 2.26. The summed E-state index contributed by atoms with van der Waals surface area (Å²) in [6.07, 6.45) is 4.40. The molecule has 0 bridgehead atoms. The first-order valence-corrected chi connectivity index (χ1v) is 9.82. The van der Waals surface area contributed by atoms with E-state index in [9.17, 15) is 17.9 Å². The topological polar surface area (TPSA) is 59.3 Å². The third-order valence-corrected chi connectivity index (χ3v) is 7.02. The molecule has 1 aromatic heterocycles. The minimum atomic E-state index is -3.98. The summed E-state index contributed by atoms with van der Waals surface area (Å²) in [5.41, 5.74) is 0.824. The summed E-state index contributed by atoms with van der Waals surface area (Å²) in [6.45, 7) is 3.44. The van der Waals surface area contributed by atoms with Gasteiger partial charge in [-0.15, -0.1) is 0 Å². The molecule has 2 atom stereocenters. The molecule has 25 heavy (non-hydrogen) atoms. The SMILES string of the molecule is CCCC(O)c1cc2ccccc2n1S(=O)(=O)C1(C)C=C(F)C=CC1. The van der Waals surface area contributed by atoms with E-state index >= 15 is 0 Å². The van der Waals surface area contributed by atoms with Crippen LogP contribution >= 0.6 is 0 Å². The molecule has 1 aliphatic rings. The van der Waals surface area contributed by atoms with Gasteiger partial charge in [0.05, 0.1) is 17.3 Å². The van der Waals surface area contributed by atoms with Crippen molar-refractivity contribution < 1.29 is 17.9 Å². The fourth-order valence-electron chi connectivity index (χ4n) is 3.27. The van der Waals surface area contributed by atoms with E-state index in [2.05, 4.69) is 0 Å². The largest absolute Gasteiger partial charge is 0.387 e. The van der Waals surface area contributed by atoms with Crippen LogP contribution in [0.1, 0.15) is 44.9 Å². The lowest BCUT2D eigenvalue weighted by Gasteiger charge is -2.29. The van der Waals surface area contributed by atoms with Gasteiger partial charge in [-0.2, -0.15) is 0 Å². The van der Waals surface area contributed by atoms with E-state index in [4.69, 9.17) is 0 Å². The van der Waals surface area contributed by atoms with Gasteiger partial charge < -0.3 is 5.11 Å². The van der Waals surface area contributed by atoms with Crippen LogP contribution in [0.4, 0.5) is 4.39 Å². The summed E-state index contributed by atoms with van der Waals surface area (Å²) in [7, 11) is -3.98. The number of aromatic nitrogens is 1. The molecule has 2 aromatic rings. The maximum Gasteiger partial charge on any atom is 0.248 e. The van der Waals surface area contributed by atoms with E-state index in [-0.39, 0.29) is 6.42 Å². The standard InChI is InChI=1S/C19H22FNO3S/c1-3-7-18(22)17-12-14-8-4-5-10-16(14)21(17)25(23,24)19(2)11-6-9-15(20)13-19/h4-6,8-10,12-13,18,22H,3,7,11H2,1-2H3. The molecule has 1 N–H and O–H groups in total. The van der Waals surface area contributed by atoms with Crippen molar-refractivity contribution in [3.8, 4) is 0 Å². The summed E-state index contributed by atoms with van der Waals surface area (Å²) < 4.78 is 40.5. The number of allylic oxidation sites excluding steroid dienone is 3. The van der Waals surface area contributed by atoms with E-state index in [1.807, 2.05) is 19.1 Å². The van der Waals surface area contributed by atoms with Crippen molar-refractivity contribution in [1.82, 2.24) is 3.97 Å². The van der Waals surface area contributed by atoms with E-state index in [0.717, 1.165) is 17.9 Å². The first-order chi connectivity index (χ1) is 11.8. The molecule has 1 aromatic carbocycles. The quantitative estimate of drug-likeness (QED) is 0.865. The number of aliphatic hydroxyl groups excluding tert-OH is 1. The second-order valence-electron chi connectivity index (χ2n) is 6.65. The van der Waals surface area contributed by atoms with Crippen molar-refractivity contribution >= 4 is 20.9 Å². The first-order valence-electron chi connectivity index (χ1n) is 8.38. The number of fused-ring (bicyclic) bond motifs is 1. The van der Waals surface area contributed by atoms with Gasteiger partial charge in [0.1, 0.15) is 10.6 Å². The highest BCUT2D eigenvalue weighted by Crippen LogP contribution is 2.36. The number of rotatable bonds is 5. The van der Waals surface area contributed by atoms with Gasteiger partial charge in [-0.3, -0.25) is 0 Å². The van der Waals surface area contributed by atoms with Gasteiger partial charge in [0.2, 0.25) is 10.0 Å². The molecule has 0 fully saturated rings. The van der Waals surface area contributed by atoms with Gasteiger partial charge in [0.25, 0.3) is 0 Å². The van der Waals surface area contributed by atoms with Crippen molar-refractivity contribution in [2.45, 2.75) is 44.0 Å². The molecule has 0 saturated heterocycles. The second-order valence-corrected chi connectivity index (χ2v) is 8.90. The van der Waals surface area contributed by atoms with Gasteiger partial charge >= 0.3 is 0 Å². The fourth-order valence-corrected chi connectivity index (χ4v) is 5.13. The Kier molecular flexibility index (Phi) is 4.60. The molecule has 1 heterocycles. The average molecular weight is 363 g/mol. The Labute approximate surface area is 147 Å². The number of benzene rings is 1. The van der Waals surface area contributed by atoms with Crippen molar-refractivity contribution in [3.63, 3.8) is 0 Å². The van der Waals surface area contributed by atoms with Crippen LogP contribution in [0.3, 0.4) is 0 Å². The monoisotopic (exact) mass is 363 g/mol. The average Bonchev–Trinajstić information content (AvgIpc) is 2.95. The molecular formula is C19H22FNO3S. The molecule has 0 radical (unpaired) electrons. The van der Waals surface area contributed by atoms with Crippen LogP contribution in [0, 0.1) is 0 Å². The van der Waals surface area contributed by atoms with Crippen molar-refractivity contribution in [2.75, 3.05) is 0 Å². The molecule has 134 valence electrons. The highest BCUT2D eigenvalue weighted by Gasteiger charge is 2.41. The van der Waals surface area contributed by atoms with Gasteiger partial charge in [0, 0.05) is 5.39 Å². The van der Waals surface area contributed by atoms with Crippen LogP contribution in [0.15, 0.2) is 54.4 Å². The molecule has 6 heteroatoms. The molecule has 0 saturated carbocycles. The zero-order chi connectivity index (χ0) is 18.2. The van der Waals surface area contributed by atoms with E-state index < -0.39 is 26.7 Å². The Hall–Kier alpha value is -1.92. The van der Waals surface area contributed by atoms with Gasteiger partial charge in [0.15, 0.2) is 0 Å². The summed E-state index contributed by atoms with van der Waals surface area (Å²) in [6, 6.07) is 8.79. The van der Waals surface area contributed by atoms with Gasteiger partial charge in [-0.1, -0.05) is 37.6 Å². The number of aliphatic hydroxyl groups is 1. The third-order valence-electron chi connectivity index (χ3n) is 4.67. The van der Waals surface area contributed by atoms with Crippen LogP contribution in [-0.4, -0.2) is 22.2 Å². The molecule has 4 nitrogen and oxygen atoms in total. The third kappa shape index (κ3) is 2.93. The lowest BCUT2D eigenvalue weighted by atomic mass is 10.0. The Morgan fingerprint density at radius 3 is 2.76 bits per heavy atom. The highest BCUT2D eigenvalue weighted by molar-refractivity contribution is 7.91. The highest BCUT2D eigenvalue weighted by atomic mass is 32.2. The molecule has 0 amide bonds. The molecule has 0 aliphatic heterocycles. The zero-order valence-corrected chi connectivity index (χ0v) is 15.1. The number of nitrogens with zero attached hydrogens (tertiary/aromatic N) is 1. The van der Waals surface area contributed by atoms with Crippen LogP contribution in [-0.2, 0) is 10.0 Å². The predicted molar refractivity (Wildman–Crippen MR) is 97.5 cm³/mol. The van der Waals surface area contributed by atoms with Crippen LogP contribution in [0.5, 0.6) is 0 Å². The summed E-state index contributed by atoms with van der Waals surface area (Å²) >= 11 is 0. The Morgan fingerprint density at radius 1 is 1.36 bits per heavy atom. The number of hydrogen-bond donors (Lipinski definition) is 1. The molecule has 2 unspecified atom stereocenters. The smallest absolute Gasteiger partial charge is 0.248 e. The van der Waals surface area contributed by atoms with Gasteiger partial charge in [-0.05, 0) is 44.1 Å². The van der Waals surface area contributed by atoms with E-state index in [0.29, 0.717) is 17.6 Å². The molecular weight excluding hydrogens is 341 g/mol. The lowest BCUT2D eigenvalue weighted by molar-refractivity contribution is 0.161. The summed E-state index contributed by atoms with van der Waals surface area (Å²) in [4.78, 5) is 0. The molecule has 1 aliphatic carbocycles. The first kappa shape index (κ1) is 17.9. The van der Waals surface area contributed by atoms with E-state index in [1.54, 1.807) is 18.2 Å². The van der Waals surface area contributed by atoms with Gasteiger partial charge in [-0.25, -0.2) is 16.8 Å². The van der Waals surface area contributed by atoms with Crippen LogP contribution in [0.25, 0.3) is 10.9 Å². The predicted octanol–water partition coefficient (Wildman–Crippen LogP) is 4.22. The summed E-state index contributed by atoms with van der Waals surface area (Å²) in [5.74, 6) is -0.565. The minimum absolute atomic E-state index is 0.179. The number of halogens is 1. The fraction of sp³-hybridized carbons (Fsp3) is 0.368. The van der Waals surface area contributed by atoms with E-state index in [1.165, 1.54) is 23.0 Å². The maximum atomic E-state index is 13.8. The lowest BCUT2D eigenvalue weighted by Crippen LogP contribution is -2.39. The normalized spacial score (nSPS) is 22.2. The Bertz CT molecular complexity index is 958. The number of hydrogen-bond acceptors (Lipinski definition) is 3. The van der Waals surface area contributed by atoms with Crippen molar-refractivity contribution in [1.29, 1.82) is 0 Å². The molecule has 0 spiro atoms. The van der Waals surface area contributed by atoms with Crippen LogP contribution in [0.2, 0.25) is 0 Å². The maximum absolute atomic E-state index is 13.8. The Morgan fingerprint density at radius 2 is 2.08 bits per heavy atom. The second kappa shape index (κ2) is 6.42. The van der Waals surface area contributed by atoms with Crippen molar-refractivity contribution in [2.24, 2.45) is 0 Å². The number of para-hydroxylation sites is 1. The summed E-state index contributed by atoms with van der Waals surface area (Å²) in [5, 5.41) is 11.2. The molecule has 3 rings (SSSR count). The van der Waals surface area contributed by atoms with Crippen molar-refractivity contribution in [3.05, 3.63) is 60.1 Å².